The summed E-state index contributed by atoms with van der Waals surface area (Å²) in [4.78, 5) is 14.8. The molecule has 0 aliphatic carbocycles. The van der Waals surface area contributed by atoms with Gasteiger partial charge in [0.05, 0.1) is 6.04 Å². The maximum absolute atomic E-state index is 12.4. The van der Waals surface area contributed by atoms with Crippen molar-refractivity contribution >= 4 is 24.0 Å². The maximum atomic E-state index is 12.4. The molecule has 2 aliphatic heterocycles. The second-order valence-corrected chi connectivity index (χ2v) is 6.50. The average molecular weight is 324 g/mol. The molecule has 5 heteroatoms. The Labute approximate surface area is 139 Å². The van der Waals surface area contributed by atoms with E-state index in [0.29, 0.717) is 5.41 Å². The number of anilines is 1. The van der Waals surface area contributed by atoms with Gasteiger partial charge in [0.1, 0.15) is 0 Å². The molecule has 1 atom stereocenters. The highest BCUT2D eigenvalue weighted by Gasteiger charge is 2.41. The molecule has 1 unspecified atom stereocenters. The first-order chi connectivity index (χ1) is 10.2. The smallest absolute Gasteiger partial charge is 0.241 e. The number of carbonyl (C=O) groups is 1. The van der Waals surface area contributed by atoms with Crippen LogP contribution in [0, 0.1) is 5.41 Å². The van der Waals surface area contributed by atoms with Crippen LogP contribution >= 0.6 is 12.4 Å². The molecule has 122 valence electrons. The van der Waals surface area contributed by atoms with Gasteiger partial charge in [-0.1, -0.05) is 18.2 Å². The lowest BCUT2D eigenvalue weighted by atomic mass is 9.78. The number of amides is 1. The Morgan fingerprint density at radius 2 is 1.91 bits per heavy atom. The predicted molar refractivity (Wildman–Crippen MR) is 92.5 cm³/mol. The largest absolute Gasteiger partial charge is 0.325 e. The zero-order chi connectivity index (χ0) is 14.7. The van der Waals surface area contributed by atoms with Crippen LogP contribution in [0.15, 0.2) is 30.3 Å². The summed E-state index contributed by atoms with van der Waals surface area (Å²) < 4.78 is 0. The fourth-order valence-electron chi connectivity index (χ4n) is 3.60. The second kappa shape index (κ2) is 7.44. The Morgan fingerprint density at radius 3 is 2.59 bits per heavy atom. The standard InChI is InChI=1S/C17H25N3O.ClH/c1-14(16(21)19-15-5-3-2-4-6-15)20-12-9-17(13-20)7-10-18-11-8-17;/h2-6,14,18H,7-13H2,1H3,(H,19,21);1H. The van der Waals surface area contributed by atoms with E-state index in [1.165, 1.54) is 19.3 Å². The van der Waals surface area contributed by atoms with Crippen LogP contribution in [0.5, 0.6) is 0 Å². The van der Waals surface area contributed by atoms with E-state index in [1.807, 2.05) is 37.3 Å². The van der Waals surface area contributed by atoms with Crippen molar-refractivity contribution in [2.75, 3.05) is 31.5 Å². The molecule has 2 N–H and O–H groups in total. The van der Waals surface area contributed by atoms with Gasteiger partial charge in [-0.2, -0.15) is 0 Å². The van der Waals surface area contributed by atoms with E-state index in [-0.39, 0.29) is 24.4 Å². The Morgan fingerprint density at radius 1 is 1.23 bits per heavy atom. The maximum Gasteiger partial charge on any atom is 0.241 e. The molecule has 2 aliphatic rings. The van der Waals surface area contributed by atoms with Gasteiger partial charge in [0.25, 0.3) is 0 Å². The monoisotopic (exact) mass is 323 g/mol. The van der Waals surface area contributed by atoms with E-state index in [2.05, 4.69) is 15.5 Å². The third kappa shape index (κ3) is 3.80. The summed E-state index contributed by atoms with van der Waals surface area (Å²) in [6.07, 6.45) is 3.73. The van der Waals surface area contributed by atoms with Gasteiger partial charge in [-0.05, 0) is 63.4 Å². The highest BCUT2D eigenvalue weighted by Crippen LogP contribution is 2.39. The normalized spacial score (nSPS) is 22.0. The highest BCUT2D eigenvalue weighted by atomic mass is 35.5. The molecule has 2 heterocycles. The molecular weight excluding hydrogens is 298 g/mol. The molecule has 3 rings (SSSR count). The minimum Gasteiger partial charge on any atom is -0.325 e. The molecule has 2 saturated heterocycles. The summed E-state index contributed by atoms with van der Waals surface area (Å²) >= 11 is 0. The summed E-state index contributed by atoms with van der Waals surface area (Å²) in [5.74, 6) is 0.104. The number of rotatable bonds is 3. The Hall–Kier alpha value is -1.10. The van der Waals surface area contributed by atoms with Crippen molar-refractivity contribution in [2.24, 2.45) is 5.41 Å². The number of nitrogens with zero attached hydrogens (tertiary/aromatic N) is 1. The first-order valence-corrected chi connectivity index (χ1v) is 7.99. The van der Waals surface area contributed by atoms with Crippen LogP contribution in [-0.4, -0.2) is 43.0 Å². The number of para-hydroxylation sites is 1. The van der Waals surface area contributed by atoms with E-state index in [9.17, 15) is 4.79 Å². The topological polar surface area (TPSA) is 44.4 Å². The number of carbonyl (C=O) groups excluding carboxylic acids is 1. The highest BCUT2D eigenvalue weighted by molar-refractivity contribution is 5.94. The first kappa shape index (κ1) is 17.3. The molecule has 1 amide bonds. The Balaban J connectivity index is 0.00000176. The first-order valence-electron chi connectivity index (χ1n) is 7.99. The Bertz CT molecular complexity index is 488. The molecule has 0 aromatic heterocycles. The van der Waals surface area contributed by atoms with Crippen LogP contribution < -0.4 is 10.6 Å². The predicted octanol–water partition coefficient (Wildman–Crippen LogP) is 2.51. The SMILES string of the molecule is CC(C(=O)Nc1ccccc1)N1CCC2(CCNCC2)C1.Cl. The van der Waals surface area contributed by atoms with E-state index >= 15 is 0 Å². The number of nitrogens with one attached hydrogen (secondary N) is 2. The summed E-state index contributed by atoms with van der Waals surface area (Å²) in [6.45, 7) is 6.39. The van der Waals surface area contributed by atoms with Crippen LogP contribution in [0.25, 0.3) is 0 Å². The van der Waals surface area contributed by atoms with Crippen molar-refractivity contribution in [1.29, 1.82) is 0 Å². The van der Waals surface area contributed by atoms with Crippen molar-refractivity contribution in [3.8, 4) is 0 Å². The summed E-state index contributed by atoms with van der Waals surface area (Å²) in [5.41, 5.74) is 1.33. The molecule has 4 nitrogen and oxygen atoms in total. The van der Waals surface area contributed by atoms with E-state index < -0.39 is 0 Å². The third-order valence-corrected chi connectivity index (χ3v) is 5.10. The van der Waals surface area contributed by atoms with Crippen molar-refractivity contribution < 1.29 is 4.79 Å². The van der Waals surface area contributed by atoms with Gasteiger partial charge in [-0.25, -0.2) is 0 Å². The molecule has 0 bridgehead atoms. The quantitative estimate of drug-likeness (QED) is 0.898. The van der Waals surface area contributed by atoms with Crippen LogP contribution in [-0.2, 0) is 4.79 Å². The fourth-order valence-corrected chi connectivity index (χ4v) is 3.60. The molecule has 0 saturated carbocycles. The minimum atomic E-state index is -0.0560. The van der Waals surface area contributed by atoms with E-state index in [1.54, 1.807) is 0 Å². The molecule has 1 aromatic rings. The van der Waals surface area contributed by atoms with Crippen molar-refractivity contribution in [2.45, 2.75) is 32.2 Å². The lowest BCUT2D eigenvalue weighted by Gasteiger charge is -2.34. The van der Waals surface area contributed by atoms with E-state index in [0.717, 1.165) is 31.9 Å². The fraction of sp³-hybridized carbons (Fsp3) is 0.588. The summed E-state index contributed by atoms with van der Waals surface area (Å²) in [7, 11) is 0. The average Bonchev–Trinajstić information content (AvgIpc) is 2.92. The number of likely N-dealkylation sites (tertiary alicyclic amines) is 1. The molecule has 2 fully saturated rings. The second-order valence-electron chi connectivity index (χ2n) is 6.50. The molecule has 1 aromatic carbocycles. The van der Waals surface area contributed by atoms with Crippen LogP contribution in [0.2, 0.25) is 0 Å². The number of hydrogen-bond acceptors (Lipinski definition) is 3. The van der Waals surface area contributed by atoms with Crippen LogP contribution in [0.1, 0.15) is 26.2 Å². The molecule has 22 heavy (non-hydrogen) atoms. The van der Waals surface area contributed by atoms with Crippen molar-refractivity contribution in [3.05, 3.63) is 30.3 Å². The number of benzene rings is 1. The Kier molecular flexibility index (Phi) is 5.84. The molecule has 1 spiro atoms. The zero-order valence-electron chi connectivity index (χ0n) is 13.2. The number of hydrogen-bond donors (Lipinski definition) is 2. The minimum absolute atomic E-state index is 0. The van der Waals surface area contributed by atoms with Gasteiger partial charge >= 0.3 is 0 Å². The van der Waals surface area contributed by atoms with Gasteiger partial charge in [-0.15, -0.1) is 12.4 Å². The lowest BCUT2D eigenvalue weighted by Crippen LogP contribution is -2.44. The van der Waals surface area contributed by atoms with Gasteiger partial charge in [0.2, 0.25) is 5.91 Å². The van der Waals surface area contributed by atoms with Gasteiger partial charge < -0.3 is 10.6 Å². The number of halogens is 1. The lowest BCUT2D eigenvalue weighted by molar-refractivity contribution is -0.120. The van der Waals surface area contributed by atoms with Gasteiger partial charge in [0, 0.05) is 12.2 Å². The van der Waals surface area contributed by atoms with Gasteiger partial charge in [-0.3, -0.25) is 9.69 Å². The van der Waals surface area contributed by atoms with Gasteiger partial charge in [0.15, 0.2) is 0 Å². The summed E-state index contributed by atoms with van der Waals surface area (Å²) in [5, 5.41) is 6.45. The van der Waals surface area contributed by atoms with Crippen LogP contribution in [0.3, 0.4) is 0 Å². The van der Waals surface area contributed by atoms with Crippen molar-refractivity contribution in [1.82, 2.24) is 10.2 Å². The zero-order valence-corrected chi connectivity index (χ0v) is 14.0. The van der Waals surface area contributed by atoms with Crippen molar-refractivity contribution in [3.63, 3.8) is 0 Å². The van der Waals surface area contributed by atoms with Crippen LogP contribution in [0.4, 0.5) is 5.69 Å². The molecule has 0 radical (unpaired) electrons. The molecular formula is C17H26ClN3O. The third-order valence-electron chi connectivity index (χ3n) is 5.10. The van der Waals surface area contributed by atoms with E-state index in [4.69, 9.17) is 0 Å². The summed E-state index contributed by atoms with van der Waals surface area (Å²) in [6, 6.07) is 9.66. The number of piperidine rings is 1.